The molecule has 2 aliphatic rings. The van der Waals surface area contributed by atoms with Gasteiger partial charge in [0, 0.05) is 4.88 Å². The lowest BCUT2D eigenvalue weighted by Crippen LogP contribution is -2.36. The number of carboxylic acid groups (broad SMARTS) is 1. The van der Waals surface area contributed by atoms with Gasteiger partial charge in [-0.25, -0.2) is 4.79 Å². The minimum Gasteiger partial charge on any atom is -0.481 e. The molecule has 3 atom stereocenters. The zero-order valence-electron chi connectivity index (χ0n) is 15.2. The Kier molecular flexibility index (Phi) is 5.65. The van der Waals surface area contributed by atoms with Gasteiger partial charge in [-0.05, 0) is 43.6 Å². The molecule has 0 aliphatic heterocycles. The third-order valence-electron chi connectivity index (χ3n) is 5.56. The van der Waals surface area contributed by atoms with Crippen LogP contribution in [0.25, 0.3) is 0 Å². The van der Waals surface area contributed by atoms with E-state index in [-0.39, 0.29) is 5.91 Å². The number of ether oxygens (including phenoxy) is 1. The maximum atomic E-state index is 12.8. The minimum absolute atomic E-state index is 0.297. The SMILES string of the molecule is COC(=O)c1c(NC(=O)[C@@H]2CCCC[C@H]2C(=O)O)sc2c1CC[C@H](C)C2. The van der Waals surface area contributed by atoms with Crippen molar-refractivity contribution in [2.45, 2.75) is 51.9 Å². The highest BCUT2D eigenvalue weighted by atomic mass is 32.1. The van der Waals surface area contributed by atoms with Crippen LogP contribution in [0.3, 0.4) is 0 Å². The first-order chi connectivity index (χ1) is 12.4. The number of aliphatic carboxylic acids is 1. The van der Waals surface area contributed by atoms with E-state index in [1.54, 1.807) is 0 Å². The zero-order valence-corrected chi connectivity index (χ0v) is 16.0. The van der Waals surface area contributed by atoms with Crippen molar-refractivity contribution >= 4 is 34.2 Å². The Hall–Kier alpha value is -1.89. The Morgan fingerprint density at radius 3 is 2.50 bits per heavy atom. The topological polar surface area (TPSA) is 92.7 Å². The van der Waals surface area contributed by atoms with Gasteiger partial charge in [-0.1, -0.05) is 19.8 Å². The summed E-state index contributed by atoms with van der Waals surface area (Å²) in [7, 11) is 1.34. The standard InChI is InChI=1S/C19H25NO5S/c1-10-7-8-13-14(9-10)26-17(15(13)19(24)25-2)20-16(21)11-5-3-4-6-12(11)18(22)23/h10-12H,3-9H2,1-2H3,(H,20,21)(H,22,23)/t10-,11+,12+/m0/s1. The van der Waals surface area contributed by atoms with Crippen LogP contribution in [-0.2, 0) is 27.2 Å². The molecule has 2 N–H and O–H groups in total. The number of carbonyl (C=O) groups is 3. The lowest BCUT2D eigenvalue weighted by molar-refractivity contribution is -0.147. The molecular formula is C19H25NO5S. The van der Waals surface area contributed by atoms with Crippen molar-refractivity contribution in [3.63, 3.8) is 0 Å². The van der Waals surface area contributed by atoms with E-state index in [0.717, 1.165) is 42.5 Å². The van der Waals surface area contributed by atoms with Crippen molar-refractivity contribution in [2.75, 3.05) is 12.4 Å². The molecule has 0 unspecified atom stereocenters. The monoisotopic (exact) mass is 379 g/mol. The first-order valence-corrected chi connectivity index (χ1v) is 10.0. The summed E-state index contributed by atoms with van der Waals surface area (Å²) in [5.74, 6) is -2.31. The van der Waals surface area contributed by atoms with Gasteiger partial charge in [0.2, 0.25) is 5.91 Å². The number of methoxy groups -OCH3 is 1. The second-order valence-corrected chi connectivity index (χ2v) is 8.48. The molecule has 1 aromatic heterocycles. The van der Waals surface area contributed by atoms with Gasteiger partial charge in [-0.2, -0.15) is 0 Å². The van der Waals surface area contributed by atoms with Crippen LogP contribution < -0.4 is 5.32 Å². The summed E-state index contributed by atoms with van der Waals surface area (Å²) in [6.07, 6.45) is 5.47. The van der Waals surface area contributed by atoms with Gasteiger partial charge in [0.05, 0.1) is 24.5 Å². The van der Waals surface area contributed by atoms with Crippen molar-refractivity contribution in [1.29, 1.82) is 0 Å². The Morgan fingerprint density at radius 1 is 1.15 bits per heavy atom. The van der Waals surface area contributed by atoms with Gasteiger partial charge in [0.1, 0.15) is 5.00 Å². The van der Waals surface area contributed by atoms with Gasteiger partial charge >= 0.3 is 11.9 Å². The van der Waals surface area contributed by atoms with Crippen molar-refractivity contribution in [3.8, 4) is 0 Å². The molecule has 1 aromatic rings. The molecule has 1 fully saturated rings. The van der Waals surface area contributed by atoms with E-state index < -0.39 is 23.8 Å². The molecular weight excluding hydrogens is 354 g/mol. The van der Waals surface area contributed by atoms with Crippen LogP contribution in [-0.4, -0.2) is 30.1 Å². The highest BCUT2D eigenvalue weighted by Crippen LogP contribution is 2.41. The van der Waals surface area contributed by atoms with Gasteiger partial charge in [-0.15, -0.1) is 11.3 Å². The molecule has 0 spiro atoms. The highest BCUT2D eigenvalue weighted by Gasteiger charge is 2.37. The number of esters is 1. The van der Waals surface area contributed by atoms with E-state index in [1.807, 2.05) is 0 Å². The molecule has 1 saturated carbocycles. The number of anilines is 1. The first kappa shape index (κ1) is 18.9. The van der Waals surface area contributed by atoms with Crippen LogP contribution >= 0.6 is 11.3 Å². The summed E-state index contributed by atoms with van der Waals surface area (Å²) in [6, 6.07) is 0. The van der Waals surface area contributed by atoms with Crippen molar-refractivity contribution < 1.29 is 24.2 Å². The zero-order chi connectivity index (χ0) is 18.8. The third kappa shape index (κ3) is 3.63. The Labute approximate surface area is 156 Å². The minimum atomic E-state index is -0.919. The number of hydrogen-bond donors (Lipinski definition) is 2. The quantitative estimate of drug-likeness (QED) is 0.781. The van der Waals surface area contributed by atoms with Crippen LogP contribution in [0.5, 0.6) is 0 Å². The van der Waals surface area contributed by atoms with E-state index in [4.69, 9.17) is 4.74 Å². The van der Waals surface area contributed by atoms with E-state index in [1.165, 1.54) is 18.4 Å². The summed E-state index contributed by atoms with van der Waals surface area (Å²) in [6.45, 7) is 2.18. The molecule has 0 aromatic carbocycles. The average molecular weight is 379 g/mol. The van der Waals surface area contributed by atoms with Crippen molar-refractivity contribution in [3.05, 3.63) is 16.0 Å². The largest absolute Gasteiger partial charge is 0.481 e. The molecule has 0 radical (unpaired) electrons. The molecule has 2 aliphatic carbocycles. The molecule has 26 heavy (non-hydrogen) atoms. The maximum absolute atomic E-state index is 12.8. The molecule has 1 amide bonds. The number of fused-ring (bicyclic) bond motifs is 1. The fraction of sp³-hybridized carbons (Fsp3) is 0.632. The molecule has 142 valence electrons. The van der Waals surface area contributed by atoms with E-state index >= 15 is 0 Å². The highest BCUT2D eigenvalue weighted by molar-refractivity contribution is 7.17. The van der Waals surface area contributed by atoms with E-state index in [9.17, 15) is 19.5 Å². The molecule has 3 rings (SSSR count). The van der Waals surface area contributed by atoms with Crippen LogP contribution in [0.15, 0.2) is 0 Å². The van der Waals surface area contributed by atoms with Crippen LogP contribution in [0.1, 0.15) is 59.8 Å². The fourth-order valence-electron chi connectivity index (χ4n) is 4.10. The smallest absolute Gasteiger partial charge is 0.341 e. The van der Waals surface area contributed by atoms with Gasteiger partial charge in [0.25, 0.3) is 0 Å². The van der Waals surface area contributed by atoms with E-state index in [2.05, 4.69) is 12.2 Å². The average Bonchev–Trinajstić information content (AvgIpc) is 2.97. The normalized spacial score (nSPS) is 25.2. The number of rotatable bonds is 4. The van der Waals surface area contributed by atoms with Crippen LogP contribution in [0, 0.1) is 17.8 Å². The maximum Gasteiger partial charge on any atom is 0.341 e. The number of amides is 1. The lowest BCUT2D eigenvalue weighted by atomic mass is 9.78. The van der Waals surface area contributed by atoms with Crippen LogP contribution in [0.2, 0.25) is 0 Å². The third-order valence-corrected chi connectivity index (χ3v) is 6.73. The van der Waals surface area contributed by atoms with Gasteiger partial charge in [0.15, 0.2) is 0 Å². The van der Waals surface area contributed by atoms with Crippen molar-refractivity contribution in [1.82, 2.24) is 0 Å². The van der Waals surface area contributed by atoms with Gasteiger partial charge in [-0.3, -0.25) is 9.59 Å². The first-order valence-electron chi connectivity index (χ1n) is 9.18. The number of nitrogens with one attached hydrogen (secondary N) is 1. The van der Waals surface area contributed by atoms with E-state index in [0.29, 0.717) is 29.3 Å². The number of carbonyl (C=O) groups excluding carboxylic acids is 2. The summed E-state index contributed by atoms with van der Waals surface area (Å²) in [5.41, 5.74) is 1.43. The Balaban J connectivity index is 1.88. The lowest BCUT2D eigenvalue weighted by Gasteiger charge is -2.27. The molecule has 0 saturated heterocycles. The predicted octanol–water partition coefficient (Wildman–Crippen LogP) is 3.49. The molecule has 1 heterocycles. The fourth-order valence-corrected chi connectivity index (χ4v) is 5.50. The summed E-state index contributed by atoms with van der Waals surface area (Å²) < 4.78 is 4.94. The predicted molar refractivity (Wildman–Crippen MR) is 98.6 cm³/mol. The Morgan fingerprint density at radius 2 is 1.85 bits per heavy atom. The van der Waals surface area contributed by atoms with Gasteiger partial charge < -0.3 is 15.2 Å². The summed E-state index contributed by atoms with van der Waals surface area (Å²) in [4.78, 5) is 37.7. The second kappa shape index (κ2) is 7.78. The number of hydrogen-bond acceptors (Lipinski definition) is 5. The number of carboxylic acids is 1. The molecule has 0 bridgehead atoms. The summed E-state index contributed by atoms with van der Waals surface area (Å²) in [5, 5.41) is 12.8. The molecule has 6 nitrogen and oxygen atoms in total. The van der Waals surface area contributed by atoms with Crippen molar-refractivity contribution in [2.24, 2.45) is 17.8 Å². The second-order valence-electron chi connectivity index (χ2n) is 7.37. The Bertz CT molecular complexity index is 726. The summed E-state index contributed by atoms with van der Waals surface area (Å²) >= 11 is 1.43. The number of thiophene rings is 1. The van der Waals surface area contributed by atoms with Crippen LogP contribution in [0.4, 0.5) is 5.00 Å². The molecule has 7 heteroatoms.